The van der Waals surface area contributed by atoms with Gasteiger partial charge in [0.1, 0.15) is 0 Å². The lowest BCUT2D eigenvalue weighted by Gasteiger charge is -2.25. The smallest absolute Gasteiger partial charge is 0.000451 e. The molecule has 2 nitrogen and oxygen atoms in total. The number of nitrogens with zero attached hydrogens (tertiary/aromatic N) is 1. The van der Waals surface area contributed by atoms with Crippen LogP contribution < -0.4 is 5.32 Å². The van der Waals surface area contributed by atoms with Crippen LogP contribution in [0.4, 0.5) is 0 Å². The molecule has 0 aromatic rings. The van der Waals surface area contributed by atoms with Crippen molar-refractivity contribution >= 4 is 12.4 Å². The zero-order valence-electron chi connectivity index (χ0n) is 7.47. The molecule has 1 aliphatic rings. The molecule has 0 aliphatic carbocycles. The van der Waals surface area contributed by atoms with Gasteiger partial charge in [0.15, 0.2) is 0 Å². The molecule has 0 atom stereocenters. The van der Waals surface area contributed by atoms with Crippen molar-refractivity contribution in [3.8, 4) is 0 Å². The van der Waals surface area contributed by atoms with Crippen molar-refractivity contribution in [1.82, 2.24) is 10.2 Å². The molecule has 0 spiro atoms. The van der Waals surface area contributed by atoms with E-state index in [1.807, 2.05) is 0 Å². The van der Waals surface area contributed by atoms with Crippen molar-refractivity contribution in [3.63, 3.8) is 0 Å². The van der Waals surface area contributed by atoms with Crippen LogP contribution in [0, 0.1) is 5.92 Å². The first-order valence-electron chi connectivity index (χ1n) is 4.14. The van der Waals surface area contributed by atoms with E-state index in [1.165, 1.54) is 32.5 Å². The lowest BCUT2D eigenvalue weighted by molar-refractivity contribution is 0.273. The van der Waals surface area contributed by atoms with Crippen LogP contribution in [0.3, 0.4) is 0 Å². The molecule has 68 valence electrons. The summed E-state index contributed by atoms with van der Waals surface area (Å²) in [5, 5.41) is 3.37. The third-order valence-corrected chi connectivity index (χ3v) is 2.08. The quantitative estimate of drug-likeness (QED) is 0.678. The van der Waals surface area contributed by atoms with Gasteiger partial charge in [-0.25, -0.2) is 0 Å². The van der Waals surface area contributed by atoms with Crippen LogP contribution in [0.1, 0.15) is 12.8 Å². The van der Waals surface area contributed by atoms with Gasteiger partial charge in [0.25, 0.3) is 0 Å². The van der Waals surface area contributed by atoms with Crippen LogP contribution >= 0.6 is 12.4 Å². The van der Waals surface area contributed by atoms with Gasteiger partial charge in [-0.15, -0.1) is 12.4 Å². The third-order valence-electron chi connectivity index (χ3n) is 2.08. The Hall–Kier alpha value is 0.210. The second kappa shape index (κ2) is 5.81. The van der Waals surface area contributed by atoms with Gasteiger partial charge in [0, 0.05) is 6.54 Å². The van der Waals surface area contributed by atoms with Crippen molar-refractivity contribution in [2.24, 2.45) is 5.92 Å². The molecular weight excluding hydrogens is 160 g/mol. The molecule has 0 amide bonds. The lowest BCUT2D eigenvalue weighted by atomic mass is 9.98. The van der Waals surface area contributed by atoms with E-state index in [0.29, 0.717) is 0 Å². The largest absolute Gasteiger partial charge is 0.317 e. The average molecular weight is 179 g/mol. The van der Waals surface area contributed by atoms with Crippen molar-refractivity contribution in [1.29, 1.82) is 0 Å². The van der Waals surface area contributed by atoms with Gasteiger partial charge in [-0.1, -0.05) is 0 Å². The molecule has 1 heterocycles. The van der Waals surface area contributed by atoms with Crippen LogP contribution in [-0.4, -0.2) is 38.6 Å². The van der Waals surface area contributed by atoms with E-state index in [2.05, 4.69) is 24.3 Å². The molecule has 1 N–H and O–H groups in total. The van der Waals surface area contributed by atoms with E-state index in [0.717, 1.165) is 5.92 Å². The van der Waals surface area contributed by atoms with E-state index in [9.17, 15) is 0 Å². The minimum Gasteiger partial charge on any atom is -0.317 e. The number of hydrogen-bond acceptors (Lipinski definition) is 2. The summed E-state index contributed by atoms with van der Waals surface area (Å²) < 4.78 is 0. The first-order chi connectivity index (χ1) is 4.79. The van der Waals surface area contributed by atoms with Crippen LogP contribution in [0.2, 0.25) is 0 Å². The molecule has 11 heavy (non-hydrogen) atoms. The summed E-state index contributed by atoms with van der Waals surface area (Å²) in [6, 6.07) is 0. The van der Waals surface area contributed by atoms with Crippen molar-refractivity contribution in [2.75, 3.05) is 33.7 Å². The highest BCUT2D eigenvalue weighted by atomic mass is 35.5. The summed E-state index contributed by atoms with van der Waals surface area (Å²) in [7, 11) is 4.31. The Balaban J connectivity index is 0.000001000. The fourth-order valence-corrected chi connectivity index (χ4v) is 1.58. The Kier molecular flexibility index (Phi) is 5.92. The summed E-state index contributed by atoms with van der Waals surface area (Å²) >= 11 is 0. The molecule has 0 aromatic heterocycles. The fourth-order valence-electron chi connectivity index (χ4n) is 1.58. The Morgan fingerprint density at radius 3 is 2.27 bits per heavy atom. The maximum atomic E-state index is 3.37. The molecule has 0 aromatic carbocycles. The number of nitrogens with one attached hydrogen (secondary N) is 1. The monoisotopic (exact) mass is 178 g/mol. The third kappa shape index (κ3) is 4.62. The molecule has 0 radical (unpaired) electrons. The first kappa shape index (κ1) is 11.2. The highest BCUT2D eigenvalue weighted by Gasteiger charge is 2.12. The average Bonchev–Trinajstić information content (AvgIpc) is 1.88. The highest BCUT2D eigenvalue weighted by molar-refractivity contribution is 5.85. The topological polar surface area (TPSA) is 15.3 Å². The summed E-state index contributed by atoms with van der Waals surface area (Å²) in [5.41, 5.74) is 0. The van der Waals surface area contributed by atoms with Gasteiger partial charge < -0.3 is 10.2 Å². The van der Waals surface area contributed by atoms with Crippen LogP contribution in [-0.2, 0) is 0 Å². The van der Waals surface area contributed by atoms with Crippen molar-refractivity contribution in [3.05, 3.63) is 0 Å². The second-order valence-electron chi connectivity index (χ2n) is 3.46. The van der Waals surface area contributed by atoms with Crippen molar-refractivity contribution < 1.29 is 0 Å². The van der Waals surface area contributed by atoms with E-state index in [1.54, 1.807) is 0 Å². The van der Waals surface area contributed by atoms with E-state index in [-0.39, 0.29) is 12.4 Å². The Bertz CT molecular complexity index is 90.1. The standard InChI is InChI=1S/C8H18N2.ClH/c1-10(2)7-8-3-5-9-6-4-8;/h8-9H,3-7H2,1-2H3;1H. The summed E-state index contributed by atoms with van der Waals surface area (Å²) in [5.74, 6) is 0.941. The lowest BCUT2D eigenvalue weighted by Crippen LogP contribution is -2.33. The van der Waals surface area contributed by atoms with Crippen LogP contribution in [0.5, 0.6) is 0 Å². The normalized spacial score (nSPS) is 19.9. The molecule has 0 bridgehead atoms. The minimum atomic E-state index is 0. The summed E-state index contributed by atoms with van der Waals surface area (Å²) in [6.07, 6.45) is 2.72. The molecule has 1 saturated heterocycles. The van der Waals surface area contributed by atoms with Crippen molar-refractivity contribution in [2.45, 2.75) is 12.8 Å². The van der Waals surface area contributed by atoms with Gasteiger partial charge in [0.2, 0.25) is 0 Å². The highest BCUT2D eigenvalue weighted by Crippen LogP contribution is 2.11. The summed E-state index contributed by atoms with van der Waals surface area (Å²) in [4.78, 5) is 2.29. The fraction of sp³-hybridized carbons (Fsp3) is 1.00. The van der Waals surface area contributed by atoms with Crippen LogP contribution in [0.25, 0.3) is 0 Å². The minimum absolute atomic E-state index is 0. The molecule has 1 rings (SSSR count). The number of halogens is 1. The Morgan fingerprint density at radius 2 is 1.82 bits per heavy atom. The Morgan fingerprint density at radius 1 is 1.27 bits per heavy atom. The first-order valence-corrected chi connectivity index (χ1v) is 4.14. The summed E-state index contributed by atoms with van der Waals surface area (Å²) in [6.45, 7) is 3.71. The molecule has 0 saturated carbocycles. The van der Waals surface area contributed by atoms with Gasteiger partial charge in [0.05, 0.1) is 0 Å². The zero-order valence-corrected chi connectivity index (χ0v) is 8.28. The maximum absolute atomic E-state index is 3.37. The Labute approximate surface area is 75.8 Å². The van der Waals surface area contributed by atoms with E-state index >= 15 is 0 Å². The number of rotatable bonds is 2. The van der Waals surface area contributed by atoms with E-state index in [4.69, 9.17) is 0 Å². The molecule has 3 heteroatoms. The molecule has 1 fully saturated rings. The zero-order chi connectivity index (χ0) is 7.40. The van der Waals surface area contributed by atoms with Crippen LogP contribution in [0.15, 0.2) is 0 Å². The van der Waals surface area contributed by atoms with Gasteiger partial charge in [-0.3, -0.25) is 0 Å². The number of piperidine rings is 1. The second-order valence-corrected chi connectivity index (χ2v) is 3.46. The van der Waals surface area contributed by atoms with E-state index < -0.39 is 0 Å². The number of hydrogen-bond donors (Lipinski definition) is 1. The predicted molar refractivity (Wildman–Crippen MR) is 51.4 cm³/mol. The van der Waals surface area contributed by atoms with Gasteiger partial charge >= 0.3 is 0 Å². The maximum Gasteiger partial charge on any atom is 0.000451 e. The SMILES string of the molecule is CN(C)CC1CCNCC1.Cl. The predicted octanol–water partition coefficient (Wildman–Crippen LogP) is 0.969. The van der Waals surface area contributed by atoms with Gasteiger partial charge in [-0.05, 0) is 45.9 Å². The van der Waals surface area contributed by atoms with Gasteiger partial charge in [-0.2, -0.15) is 0 Å². The molecule has 1 aliphatic heterocycles. The molecular formula is C8H19ClN2. The molecule has 0 unspecified atom stereocenters.